The number of carbonyl (C=O) groups excluding carboxylic acids is 1. The third kappa shape index (κ3) is 1.76. The van der Waals surface area contributed by atoms with Gasteiger partial charge in [0.2, 0.25) is 0 Å². The Morgan fingerprint density at radius 2 is 2.27 bits per heavy atom. The van der Waals surface area contributed by atoms with Crippen LogP contribution >= 0.6 is 22.6 Å². The first kappa shape index (κ1) is 8.18. The first-order valence-corrected chi connectivity index (χ1v) is 3.77. The molecule has 0 aliphatic rings. The number of hydrogen-bond acceptors (Lipinski definition) is 4. The summed E-state index contributed by atoms with van der Waals surface area (Å²) in [5.74, 6) is -0.591. The van der Waals surface area contributed by atoms with Crippen molar-refractivity contribution in [1.82, 2.24) is 9.97 Å². The van der Waals surface area contributed by atoms with E-state index in [4.69, 9.17) is 11.5 Å². The van der Waals surface area contributed by atoms with Crippen molar-refractivity contribution in [2.45, 2.75) is 0 Å². The zero-order valence-corrected chi connectivity index (χ0v) is 7.57. The van der Waals surface area contributed by atoms with Crippen molar-refractivity contribution in [3.63, 3.8) is 0 Å². The molecule has 0 radical (unpaired) electrons. The number of nitrogen functional groups attached to an aromatic ring is 1. The van der Waals surface area contributed by atoms with Gasteiger partial charge in [0, 0.05) is 0 Å². The number of amides is 1. The van der Waals surface area contributed by atoms with E-state index in [2.05, 4.69) is 9.97 Å². The molecule has 5 nitrogen and oxygen atoms in total. The molecular formula is C5H5IN4O. The lowest BCUT2D eigenvalue weighted by Crippen LogP contribution is -2.17. The van der Waals surface area contributed by atoms with Crippen LogP contribution in [0.1, 0.15) is 10.5 Å². The Kier molecular flexibility index (Phi) is 2.22. The first-order chi connectivity index (χ1) is 5.11. The van der Waals surface area contributed by atoms with E-state index in [9.17, 15) is 4.79 Å². The van der Waals surface area contributed by atoms with E-state index in [-0.39, 0.29) is 11.5 Å². The van der Waals surface area contributed by atoms with Gasteiger partial charge in [0.1, 0.15) is 3.70 Å². The van der Waals surface area contributed by atoms with Crippen LogP contribution in [0.5, 0.6) is 0 Å². The number of primary amides is 1. The Morgan fingerprint density at radius 3 is 2.73 bits per heavy atom. The lowest BCUT2D eigenvalue weighted by Gasteiger charge is -1.97. The Morgan fingerprint density at radius 1 is 1.64 bits per heavy atom. The predicted molar refractivity (Wildman–Crippen MR) is 47.7 cm³/mol. The lowest BCUT2D eigenvalue weighted by molar-refractivity contribution is 0.0996. The molecular weight excluding hydrogens is 259 g/mol. The SMILES string of the molecule is NC(=O)c1nc(I)cnc1N. The van der Waals surface area contributed by atoms with Crippen LogP contribution in [0, 0.1) is 3.70 Å². The van der Waals surface area contributed by atoms with Gasteiger partial charge in [-0.15, -0.1) is 0 Å². The third-order valence-corrected chi connectivity index (χ3v) is 1.52. The fourth-order valence-electron chi connectivity index (χ4n) is 0.558. The minimum Gasteiger partial charge on any atom is -0.382 e. The van der Waals surface area contributed by atoms with Crippen molar-refractivity contribution < 1.29 is 4.79 Å². The molecule has 58 valence electrons. The molecule has 1 amide bonds. The molecule has 4 N–H and O–H groups in total. The summed E-state index contributed by atoms with van der Waals surface area (Å²) in [6.07, 6.45) is 1.46. The zero-order chi connectivity index (χ0) is 8.43. The second-order valence-electron chi connectivity index (χ2n) is 1.79. The van der Waals surface area contributed by atoms with Gasteiger partial charge in [-0.1, -0.05) is 0 Å². The van der Waals surface area contributed by atoms with Crippen LogP contribution in [0.3, 0.4) is 0 Å². The van der Waals surface area contributed by atoms with Gasteiger partial charge in [-0.25, -0.2) is 9.97 Å². The summed E-state index contributed by atoms with van der Waals surface area (Å²) in [7, 11) is 0. The Balaban J connectivity index is 3.23. The molecule has 1 rings (SSSR count). The topological polar surface area (TPSA) is 94.9 Å². The van der Waals surface area contributed by atoms with Gasteiger partial charge in [0.25, 0.3) is 5.91 Å². The highest BCUT2D eigenvalue weighted by molar-refractivity contribution is 14.1. The molecule has 0 aliphatic carbocycles. The number of carbonyl (C=O) groups is 1. The van der Waals surface area contributed by atoms with E-state index >= 15 is 0 Å². The minimum atomic E-state index is -0.659. The predicted octanol–water partition coefficient (Wildman–Crippen LogP) is -0.238. The fraction of sp³-hybridized carbons (Fsp3) is 0. The highest BCUT2D eigenvalue weighted by Crippen LogP contribution is 2.06. The average molecular weight is 264 g/mol. The number of rotatable bonds is 1. The minimum absolute atomic E-state index is 0.0249. The molecule has 0 bridgehead atoms. The normalized spacial score (nSPS) is 9.55. The number of nitrogens with two attached hydrogens (primary N) is 2. The maximum atomic E-state index is 10.6. The van der Waals surface area contributed by atoms with Crippen LogP contribution in [-0.4, -0.2) is 15.9 Å². The average Bonchev–Trinajstić information content (AvgIpc) is 1.94. The third-order valence-electron chi connectivity index (χ3n) is 1.00. The standard InChI is InChI=1S/C5H5IN4O/c6-2-1-9-4(7)3(10-2)5(8)11/h1H,(H2,7,9)(H2,8,11). The summed E-state index contributed by atoms with van der Waals surface area (Å²) < 4.78 is 0.589. The van der Waals surface area contributed by atoms with E-state index in [1.165, 1.54) is 6.20 Å². The molecule has 0 aromatic carbocycles. The molecule has 0 saturated carbocycles. The molecule has 0 atom stereocenters. The molecule has 1 aromatic rings. The van der Waals surface area contributed by atoms with E-state index in [1.807, 2.05) is 22.6 Å². The summed E-state index contributed by atoms with van der Waals surface area (Å²) in [5, 5.41) is 0. The van der Waals surface area contributed by atoms with Gasteiger partial charge >= 0.3 is 0 Å². The largest absolute Gasteiger partial charge is 0.382 e. The number of anilines is 1. The lowest BCUT2D eigenvalue weighted by atomic mass is 10.4. The number of halogens is 1. The fourth-order valence-corrected chi connectivity index (χ4v) is 0.939. The van der Waals surface area contributed by atoms with Crippen LogP contribution in [-0.2, 0) is 0 Å². The summed E-state index contributed by atoms with van der Waals surface area (Å²) in [4.78, 5) is 18.1. The van der Waals surface area contributed by atoms with Gasteiger partial charge < -0.3 is 11.5 Å². The van der Waals surface area contributed by atoms with Crippen molar-refractivity contribution >= 4 is 34.3 Å². The van der Waals surface area contributed by atoms with E-state index in [0.717, 1.165) is 0 Å². The number of aromatic nitrogens is 2. The van der Waals surface area contributed by atoms with Gasteiger partial charge in [-0.05, 0) is 22.6 Å². The van der Waals surface area contributed by atoms with Crippen molar-refractivity contribution in [3.8, 4) is 0 Å². The quantitative estimate of drug-likeness (QED) is 0.684. The molecule has 6 heteroatoms. The van der Waals surface area contributed by atoms with Gasteiger partial charge in [-0.2, -0.15) is 0 Å². The van der Waals surface area contributed by atoms with Crippen LogP contribution in [0.15, 0.2) is 6.20 Å². The van der Waals surface area contributed by atoms with Crippen LogP contribution in [0.25, 0.3) is 0 Å². The highest BCUT2D eigenvalue weighted by Gasteiger charge is 2.08. The Labute approximate surface area is 76.3 Å². The summed E-state index contributed by atoms with van der Waals surface area (Å²) >= 11 is 1.92. The number of nitrogens with zero attached hydrogens (tertiary/aromatic N) is 2. The Bertz CT molecular complexity index is 301. The van der Waals surface area contributed by atoms with E-state index < -0.39 is 5.91 Å². The van der Waals surface area contributed by atoms with Crippen molar-refractivity contribution in [1.29, 1.82) is 0 Å². The molecule has 0 unspecified atom stereocenters. The maximum Gasteiger partial charge on any atom is 0.271 e. The van der Waals surface area contributed by atoms with E-state index in [1.54, 1.807) is 0 Å². The molecule has 0 fully saturated rings. The first-order valence-electron chi connectivity index (χ1n) is 2.69. The molecule has 0 saturated heterocycles. The Hall–Kier alpha value is -0.920. The van der Waals surface area contributed by atoms with Crippen molar-refractivity contribution in [2.75, 3.05) is 5.73 Å². The molecule has 1 aromatic heterocycles. The zero-order valence-electron chi connectivity index (χ0n) is 5.41. The second kappa shape index (κ2) is 2.99. The second-order valence-corrected chi connectivity index (χ2v) is 2.90. The smallest absolute Gasteiger partial charge is 0.271 e. The number of hydrogen-bond donors (Lipinski definition) is 2. The van der Waals surface area contributed by atoms with E-state index in [0.29, 0.717) is 3.70 Å². The summed E-state index contributed by atoms with van der Waals surface area (Å²) in [5.41, 5.74) is 10.3. The molecule has 0 spiro atoms. The van der Waals surface area contributed by atoms with Gasteiger partial charge in [0.05, 0.1) is 6.20 Å². The van der Waals surface area contributed by atoms with Crippen molar-refractivity contribution in [2.24, 2.45) is 5.73 Å². The van der Waals surface area contributed by atoms with Crippen molar-refractivity contribution in [3.05, 3.63) is 15.6 Å². The monoisotopic (exact) mass is 264 g/mol. The maximum absolute atomic E-state index is 10.6. The van der Waals surface area contributed by atoms with Crippen LogP contribution in [0.4, 0.5) is 5.82 Å². The van der Waals surface area contributed by atoms with Gasteiger partial charge in [0.15, 0.2) is 11.5 Å². The summed E-state index contributed by atoms with van der Waals surface area (Å²) in [6.45, 7) is 0. The molecule has 0 aliphatic heterocycles. The van der Waals surface area contributed by atoms with Crippen LogP contribution in [0.2, 0.25) is 0 Å². The van der Waals surface area contributed by atoms with Crippen LogP contribution < -0.4 is 11.5 Å². The van der Waals surface area contributed by atoms with Gasteiger partial charge in [-0.3, -0.25) is 4.79 Å². The summed E-state index contributed by atoms with van der Waals surface area (Å²) in [6, 6.07) is 0. The molecule has 1 heterocycles. The molecule has 11 heavy (non-hydrogen) atoms. The highest BCUT2D eigenvalue weighted by atomic mass is 127.